The van der Waals surface area contributed by atoms with Crippen molar-refractivity contribution in [1.29, 1.82) is 0 Å². The van der Waals surface area contributed by atoms with Crippen molar-refractivity contribution in [3.8, 4) is 0 Å². The monoisotopic (exact) mass is 283 g/mol. The van der Waals surface area contributed by atoms with Crippen LogP contribution in [-0.4, -0.2) is 24.1 Å². The van der Waals surface area contributed by atoms with Crippen LogP contribution in [0.15, 0.2) is 24.3 Å². The number of nitrogen functional groups attached to an aromatic ring is 1. The predicted octanol–water partition coefficient (Wildman–Crippen LogP) is 3.05. The van der Waals surface area contributed by atoms with E-state index in [4.69, 9.17) is 5.73 Å². The summed E-state index contributed by atoms with van der Waals surface area (Å²) < 4.78 is 0. The fourth-order valence-electron chi connectivity index (χ4n) is 2.18. The maximum Gasteiger partial charge on any atom is 0.139 e. The summed E-state index contributed by atoms with van der Waals surface area (Å²) in [5.74, 6) is 2.73. The second-order valence-electron chi connectivity index (χ2n) is 5.78. The Hall–Kier alpha value is -2.30. The van der Waals surface area contributed by atoms with Gasteiger partial charge in [-0.3, -0.25) is 0 Å². The fraction of sp³-hybridized carbons (Fsp3) is 0.375. The number of anilines is 4. The van der Waals surface area contributed by atoms with Crippen LogP contribution in [-0.2, 0) is 0 Å². The largest absolute Gasteiger partial charge is 0.383 e. The summed E-state index contributed by atoms with van der Waals surface area (Å²) in [6, 6.07) is 8.24. The molecule has 5 nitrogen and oxygen atoms in total. The smallest absolute Gasteiger partial charge is 0.139 e. The van der Waals surface area contributed by atoms with Crippen molar-refractivity contribution in [2.24, 2.45) is 0 Å². The van der Waals surface area contributed by atoms with E-state index in [9.17, 15) is 0 Å². The standard InChI is InChI=1S/C16H21N5/c1-10-14(17)19-16(11-4-5-11)20-15(10)18-12-6-8-13(9-7-12)21(2)3/h6-9,11H,4-5H2,1-3H3,(H3,17,18,19,20). The molecule has 5 heteroatoms. The summed E-state index contributed by atoms with van der Waals surface area (Å²) in [7, 11) is 4.05. The molecule has 0 radical (unpaired) electrons. The molecule has 1 aromatic heterocycles. The Morgan fingerprint density at radius 2 is 1.81 bits per heavy atom. The lowest BCUT2D eigenvalue weighted by Crippen LogP contribution is -2.08. The van der Waals surface area contributed by atoms with Gasteiger partial charge in [0.15, 0.2) is 0 Å². The third-order valence-electron chi connectivity index (χ3n) is 3.79. The molecule has 0 unspecified atom stereocenters. The van der Waals surface area contributed by atoms with Crippen molar-refractivity contribution in [1.82, 2.24) is 9.97 Å². The molecular weight excluding hydrogens is 262 g/mol. The Morgan fingerprint density at radius 1 is 1.14 bits per heavy atom. The molecule has 1 fully saturated rings. The zero-order valence-corrected chi connectivity index (χ0v) is 12.7. The lowest BCUT2D eigenvalue weighted by atomic mass is 10.2. The van der Waals surface area contributed by atoms with Crippen LogP contribution in [0, 0.1) is 6.92 Å². The molecule has 110 valence electrons. The number of nitrogens with two attached hydrogens (primary N) is 1. The van der Waals surface area contributed by atoms with Gasteiger partial charge in [0.1, 0.15) is 17.5 Å². The molecule has 0 bridgehead atoms. The highest BCUT2D eigenvalue weighted by molar-refractivity contribution is 5.65. The van der Waals surface area contributed by atoms with Crippen molar-refractivity contribution in [2.45, 2.75) is 25.7 Å². The van der Waals surface area contributed by atoms with E-state index in [1.165, 1.54) is 12.8 Å². The van der Waals surface area contributed by atoms with Gasteiger partial charge in [-0.15, -0.1) is 0 Å². The van der Waals surface area contributed by atoms with E-state index in [1.807, 2.05) is 33.2 Å². The predicted molar refractivity (Wildman–Crippen MR) is 87.2 cm³/mol. The van der Waals surface area contributed by atoms with Gasteiger partial charge in [-0.05, 0) is 44.0 Å². The molecule has 0 aliphatic heterocycles. The number of aromatic nitrogens is 2. The average molecular weight is 283 g/mol. The molecule has 1 heterocycles. The number of hydrogen-bond donors (Lipinski definition) is 2. The molecule has 0 atom stereocenters. The Labute approximate surface area is 125 Å². The summed E-state index contributed by atoms with van der Waals surface area (Å²) in [5, 5.41) is 3.35. The minimum atomic E-state index is 0.490. The number of rotatable bonds is 4. The van der Waals surface area contributed by atoms with Gasteiger partial charge in [0.25, 0.3) is 0 Å². The molecular formula is C16H21N5. The first-order chi connectivity index (χ1) is 10.0. The van der Waals surface area contributed by atoms with Crippen molar-refractivity contribution < 1.29 is 0 Å². The summed E-state index contributed by atoms with van der Waals surface area (Å²) in [6.45, 7) is 1.95. The average Bonchev–Trinajstić information content (AvgIpc) is 3.29. The first-order valence-corrected chi connectivity index (χ1v) is 7.23. The lowest BCUT2D eigenvalue weighted by molar-refractivity contribution is 0.928. The molecule has 3 rings (SSSR count). The minimum Gasteiger partial charge on any atom is -0.383 e. The Bertz CT molecular complexity index is 644. The second kappa shape index (κ2) is 5.24. The topological polar surface area (TPSA) is 67.1 Å². The van der Waals surface area contributed by atoms with Crippen LogP contribution in [0.25, 0.3) is 0 Å². The first-order valence-electron chi connectivity index (χ1n) is 7.23. The molecule has 1 aliphatic carbocycles. The number of benzene rings is 1. The van der Waals surface area contributed by atoms with Crippen molar-refractivity contribution >= 4 is 23.0 Å². The van der Waals surface area contributed by atoms with Crippen LogP contribution in [0.4, 0.5) is 23.0 Å². The molecule has 1 saturated carbocycles. The van der Waals surface area contributed by atoms with E-state index in [0.717, 1.165) is 28.6 Å². The van der Waals surface area contributed by atoms with Crippen LogP contribution >= 0.6 is 0 Å². The fourth-order valence-corrected chi connectivity index (χ4v) is 2.18. The Balaban J connectivity index is 1.86. The van der Waals surface area contributed by atoms with Crippen molar-refractivity contribution in [3.05, 3.63) is 35.7 Å². The highest BCUT2D eigenvalue weighted by Crippen LogP contribution is 2.39. The molecule has 21 heavy (non-hydrogen) atoms. The lowest BCUT2D eigenvalue weighted by Gasteiger charge is -2.15. The molecule has 1 aliphatic rings. The first kappa shape index (κ1) is 13.7. The summed E-state index contributed by atoms with van der Waals surface area (Å²) in [4.78, 5) is 11.1. The molecule has 2 aromatic rings. The van der Waals surface area contributed by atoms with E-state index >= 15 is 0 Å². The molecule has 1 aromatic carbocycles. The Kier molecular flexibility index (Phi) is 3.41. The van der Waals surface area contributed by atoms with Gasteiger partial charge < -0.3 is 16.0 Å². The number of nitrogens with zero attached hydrogens (tertiary/aromatic N) is 3. The van der Waals surface area contributed by atoms with Gasteiger partial charge in [0.2, 0.25) is 0 Å². The maximum atomic E-state index is 6.01. The third kappa shape index (κ3) is 2.91. The summed E-state index contributed by atoms with van der Waals surface area (Å²) in [6.07, 6.45) is 2.33. The van der Waals surface area contributed by atoms with E-state index < -0.39 is 0 Å². The van der Waals surface area contributed by atoms with Crippen LogP contribution in [0.3, 0.4) is 0 Å². The highest BCUT2D eigenvalue weighted by atomic mass is 15.1. The van der Waals surface area contributed by atoms with Gasteiger partial charge in [-0.1, -0.05) is 0 Å². The van der Waals surface area contributed by atoms with E-state index in [0.29, 0.717) is 11.7 Å². The van der Waals surface area contributed by atoms with Gasteiger partial charge in [-0.25, -0.2) is 9.97 Å². The van der Waals surface area contributed by atoms with E-state index in [-0.39, 0.29) is 0 Å². The normalized spacial score (nSPS) is 14.0. The van der Waals surface area contributed by atoms with Crippen LogP contribution in [0.5, 0.6) is 0 Å². The van der Waals surface area contributed by atoms with E-state index in [2.05, 4.69) is 32.3 Å². The van der Waals surface area contributed by atoms with E-state index in [1.54, 1.807) is 0 Å². The zero-order valence-electron chi connectivity index (χ0n) is 12.7. The zero-order chi connectivity index (χ0) is 15.0. The SMILES string of the molecule is Cc1c(N)nc(C2CC2)nc1Nc1ccc(N(C)C)cc1. The van der Waals surface area contributed by atoms with Gasteiger partial charge in [0.05, 0.1) is 0 Å². The molecule has 0 spiro atoms. The third-order valence-corrected chi connectivity index (χ3v) is 3.79. The van der Waals surface area contributed by atoms with Gasteiger partial charge in [0, 0.05) is 37.0 Å². The van der Waals surface area contributed by atoms with Gasteiger partial charge >= 0.3 is 0 Å². The van der Waals surface area contributed by atoms with Gasteiger partial charge in [-0.2, -0.15) is 0 Å². The number of nitrogens with one attached hydrogen (secondary N) is 1. The summed E-state index contributed by atoms with van der Waals surface area (Å²) >= 11 is 0. The Morgan fingerprint density at radius 3 is 2.38 bits per heavy atom. The van der Waals surface area contributed by atoms with Crippen LogP contribution < -0.4 is 16.0 Å². The van der Waals surface area contributed by atoms with Crippen molar-refractivity contribution in [2.75, 3.05) is 30.0 Å². The minimum absolute atomic E-state index is 0.490. The van der Waals surface area contributed by atoms with Crippen LogP contribution in [0.2, 0.25) is 0 Å². The molecule has 0 amide bonds. The highest BCUT2D eigenvalue weighted by Gasteiger charge is 2.27. The molecule has 3 N–H and O–H groups in total. The maximum absolute atomic E-state index is 6.01. The molecule has 0 saturated heterocycles. The summed E-state index contributed by atoms with van der Waals surface area (Å²) in [5.41, 5.74) is 9.07. The van der Waals surface area contributed by atoms with Crippen molar-refractivity contribution in [3.63, 3.8) is 0 Å². The quantitative estimate of drug-likeness (QED) is 0.902. The van der Waals surface area contributed by atoms with Crippen LogP contribution in [0.1, 0.15) is 30.1 Å². The second-order valence-corrected chi connectivity index (χ2v) is 5.78. The number of hydrogen-bond acceptors (Lipinski definition) is 5.